The molecule has 30 heavy (non-hydrogen) atoms. The Kier molecular flexibility index (Phi) is 4.74. The zero-order chi connectivity index (χ0) is 20.5. The first-order valence-electron chi connectivity index (χ1n) is 10.1. The minimum atomic E-state index is -0.316. The number of fused-ring (bicyclic) bond motifs is 1. The lowest BCUT2D eigenvalue weighted by atomic mass is 10.1. The molecule has 0 aliphatic carbocycles. The van der Waals surface area contributed by atoms with Crippen LogP contribution in [0.1, 0.15) is 40.8 Å². The first-order valence-corrected chi connectivity index (χ1v) is 10.1. The minimum Gasteiger partial charge on any atom is -0.340 e. The summed E-state index contributed by atoms with van der Waals surface area (Å²) in [5, 5.41) is 8.22. The second kappa shape index (κ2) is 7.70. The Labute approximate surface area is 172 Å². The first-order chi connectivity index (χ1) is 14.7. The van der Waals surface area contributed by atoms with E-state index in [1.54, 1.807) is 21.8 Å². The van der Waals surface area contributed by atoms with Crippen molar-refractivity contribution in [3.8, 4) is 0 Å². The molecule has 0 spiro atoms. The predicted octanol–water partition coefficient (Wildman–Crippen LogP) is 3.51. The van der Waals surface area contributed by atoms with Crippen molar-refractivity contribution in [2.24, 2.45) is 0 Å². The quantitative estimate of drug-likeness (QED) is 0.552. The fourth-order valence-corrected chi connectivity index (χ4v) is 3.99. The Hall–Kier alpha value is -3.55. The molecule has 0 saturated carbocycles. The van der Waals surface area contributed by atoms with Gasteiger partial charge in [-0.15, -0.1) is 5.10 Å². The summed E-state index contributed by atoms with van der Waals surface area (Å²) in [5.41, 5.74) is 2.87. The van der Waals surface area contributed by atoms with Gasteiger partial charge >= 0.3 is 0 Å². The van der Waals surface area contributed by atoms with Gasteiger partial charge in [0.2, 0.25) is 0 Å². The van der Waals surface area contributed by atoms with Crippen LogP contribution in [0.3, 0.4) is 0 Å². The number of hydrogen-bond acceptors (Lipinski definition) is 4. The Morgan fingerprint density at radius 3 is 2.93 bits per heavy atom. The highest BCUT2D eigenvalue weighted by atomic mass is 19.1. The van der Waals surface area contributed by atoms with E-state index in [0.29, 0.717) is 35.6 Å². The van der Waals surface area contributed by atoms with Gasteiger partial charge < -0.3 is 9.88 Å². The molecule has 1 atom stereocenters. The third kappa shape index (κ3) is 3.56. The molecule has 3 heterocycles. The smallest absolute Gasteiger partial charge is 0.276 e. The number of nitrogens with zero attached hydrogens (tertiary/aromatic N) is 5. The summed E-state index contributed by atoms with van der Waals surface area (Å²) in [6, 6.07) is 14.4. The van der Waals surface area contributed by atoms with Gasteiger partial charge in [-0.1, -0.05) is 35.5 Å². The van der Waals surface area contributed by atoms with Crippen LogP contribution in [0.15, 0.2) is 54.7 Å². The van der Waals surface area contributed by atoms with Gasteiger partial charge in [0.15, 0.2) is 5.69 Å². The Morgan fingerprint density at radius 2 is 2.07 bits per heavy atom. The number of amides is 1. The summed E-state index contributed by atoms with van der Waals surface area (Å²) in [6.45, 7) is 1.29. The maximum absolute atomic E-state index is 13.5. The fraction of sp³-hybridized carbons (Fsp3) is 0.273. The highest BCUT2D eigenvalue weighted by molar-refractivity contribution is 5.92. The monoisotopic (exact) mass is 404 g/mol. The van der Waals surface area contributed by atoms with E-state index in [9.17, 15) is 9.18 Å². The van der Waals surface area contributed by atoms with Crippen molar-refractivity contribution >= 4 is 16.9 Å². The number of benzene rings is 2. The summed E-state index contributed by atoms with van der Waals surface area (Å²) in [4.78, 5) is 22.6. The molecule has 1 N–H and O–H groups in total. The van der Waals surface area contributed by atoms with E-state index in [2.05, 4.69) is 32.4 Å². The molecule has 1 unspecified atom stereocenters. The highest BCUT2D eigenvalue weighted by Crippen LogP contribution is 2.32. The van der Waals surface area contributed by atoms with Gasteiger partial charge in [0.25, 0.3) is 5.91 Å². The van der Waals surface area contributed by atoms with Gasteiger partial charge in [0.05, 0.1) is 23.3 Å². The fourth-order valence-electron chi connectivity index (χ4n) is 3.99. The number of carbonyl (C=O) groups is 1. The van der Waals surface area contributed by atoms with Gasteiger partial charge in [0, 0.05) is 13.1 Å². The van der Waals surface area contributed by atoms with E-state index in [1.807, 2.05) is 18.2 Å². The van der Waals surface area contributed by atoms with Crippen LogP contribution in [-0.4, -0.2) is 42.3 Å². The van der Waals surface area contributed by atoms with Crippen molar-refractivity contribution in [3.05, 3.63) is 77.6 Å². The third-order valence-corrected chi connectivity index (χ3v) is 5.52. The lowest BCUT2D eigenvalue weighted by molar-refractivity contribution is 0.0724. The molecule has 4 aromatic rings. The molecule has 2 aromatic heterocycles. The van der Waals surface area contributed by atoms with Gasteiger partial charge in [0.1, 0.15) is 11.6 Å². The second-order valence-corrected chi connectivity index (χ2v) is 7.54. The Morgan fingerprint density at radius 1 is 1.20 bits per heavy atom. The number of hydrogen-bond donors (Lipinski definition) is 1. The van der Waals surface area contributed by atoms with Crippen LogP contribution >= 0.6 is 0 Å². The molecule has 7 nitrogen and oxygen atoms in total. The Bertz CT molecular complexity index is 1180. The average Bonchev–Trinajstić information content (AvgIpc) is 3.50. The van der Waals surface area contributed by atoms with Crippen LogP contribution in [-0.2, 0) is 13.0 Å². The summed E-state index contributed by atoms with van der Waals surface area (Å²) in [6.07, 6.45) is 4.20. The van der Waals surface area contributed by atoms with E-state index in [0.717, 1.165) is 19.3 Å². The normalized spacial score (nSPS) is 16.4. The lowest BCUT2D eigenvalue weighted by Crippen LogP contribution is -2.31. The molecule has 1 fully saturated rings. The molecule has 1 saturated heterocycles. The van der Waals surface area contributed by atoms with Gasteiger partial charge in [-0.25, -0.2) is 9.37 Å². The van der Waals surface area contributed by atoms with Crippen molar-refractivity contribution in [2.45, 2.75) is 31.8 Å². The van der Waals surface area contributed by atoms with E-state index in [4.69, 9.17) is 0 Å². The first kappa shape index (κ1) is 18.5. The zero-order valence-corrected chi connectivity index (χ0v) is 16.3. The number of H-pyrrole nitrogens is 1. The SMILES string of the molecule is O=C(c1cn(CCc2ccccc2)nn1)N1CCCC1c1nc2ccc(F)cc2[nH]1. The van der Waals surface area contributed by atoms with Gasteiger partial charge in [-0.05, 0) is 43.0 Å². The van der Waals surface area contributed by atoms with Crippen LogP contribution in [0, 0.1) is 5.82 Å². The van der Waals surface area contributed by atoms with Gasteiger partial charge in [-0.2, -0.15) is 0 Å². The lowest BCUT2D eigenvalue weighted by Gasteiger charge is -2.21. The molecule has 5 rings (SSSR count). The van der Waals surface area contributed by atoms with Crippen molar-refractivity contribution in [1.82, 2.24) is 29.9 Å². The molecule has 1 aliphatic heterocycles. The van der Waals surface area contributed by atoms with E-state index in [-0.39, 0.29) is 17.8 Å². The molecule has 0 radical (unpaired) electrons. The number of likely N-dealkylation sites (tertiary alicyclic amines) is 1. The largest absolute Gasteiger partial charge is 0.340 e. The summed E-state index contributed by atoms with van der Waals surface area (Å²) >= 11 is 0. The second-order valence-electron chi connectivity index (χ2n) is 7.54. The van der Waals surface area contributed by atoms with Crippen LogP contribution in [0.5, 0.6) is 0 Å². The molecular weight excluding hydrogens is 383 g/mol. The number of imidazole rings is 1. The summed E-state index contributed by atoms with van der Waals surface area (Å²) in [7, 11) is 0. The topological polar surface area (TPSA) is 79.7 Å². The van der Waals surface area contributed by atoms with Crippen LogP contribution in [0.4, 0.5) is 4.39 Å². The standard InChI is InChI=1S/C22H21FN6O/c23-16-8-9-17-18(13-16)25-21(24-17)20-7-4-11-29(20)22(30)19-14-28(27-26-19)12-10-15-5-2-1-3-6-15/h1-3,5-6,8-9,13-14,20H,4,7,10-12H2,(H,24,25). The molecule has 1 aliphatic rings. The maximum Gasteiger partial charge on any atom is 0.276 e. The average molecular weight is 404 g/mol. The summed E-state index contributed by atoms with van der Waals surface area (Å²) in [5.74, 6) is 0.206. The van der Waals surface area contributed by atoms with E-state index < -0.39 is 0 Å². The summed E-state index contributed by atoms with van der Waals surface area (Å²) < 4.78 is 15.2. The maximum atomic E-state index is 13.5. The van der Waals surface area contributed by atoms with E-state index in [1.165, 1.54) is 17.7 Å². The Balaban J connectivity index is 1.31. The molecule has 1 amide bonds. The van der Waals surface area contributed by atoms with Crippen molar-refractivity contribution in [1.29, 1.82) is 0 Å². The molecule has 2 aromatic carbocycles. The third-order valence-electron chi connectivity index (χ3n) is 5.52. The van der Waals surface area contributed by atoms with Gasteiger partial charge in [-0.3, -0.25) is 9.48 Å². The van der Waals surface area contributed by atoms with Crippen LogP contribution in [0.25, 0.3) is 11.0 Å². The number of nitrogens with one attached hydrogen (secondary N) is 1. The van der Waals surface area contributed by atoms with E-state index >= 15 is 0 Å². The minimum absolute atomic E-state index is 0.157. The number of carbonyl (C=O) groups excluding carboxylic acids is 1. The van der Waals surface area contributed by atoms with Crippen molar-refractivity contribution in [3.63, 3.8) is 0 Å². The predicted molar refractivity (Wildman–Crippen MR) is 109 cm³/mol. The molecule has 152 valence electrons. The number of halogens is 1. The van der Waals surface area contributed by atoms with Crippen molar-refractivity contribution < 1.29 is 9.18 Å². The number of rotatable bonds is 5. The number of aromatic nitrogens is 5. The van der Waals surface area contributed by atoms with Crippen molar-refractivity contribution in [2.75, 3.05) is 6.54 Å². The number of aromatic amines is 1. The van der Waals surface area contributed by atoms with Crippen LogP contribution < -0.4 is 0 Å². The molecule has 8 heteroatoms. The zero-order valence-electron chi connectivity index (χ0n) is 16.3. The molecule has 0 bridgehead atoms. The molecular formula is C22H21FN6O. The number of aryl methyl sites for hydroxylation is 2. The highest BCUT2D eigenvalue weighted by Gasteiger charge is 2.34. The van der Waals surface area contributed by atoms with Crippen LogP contribution in [0.2, 0.25) is 0 Å².